The Hall–Kier alpha value is -2.22. The van der Waals surface area contributed by atoms with Crippen LogP contribution in [0.4, 0.5) is 11.9 Å². The molecule has 0 saturated heterocycles. The van der Waals surface area contributed by atoms with Gasteiger partial charge in [-0.15, -0.1) is 0 Å². The molecule has 0 aromatic carbocycles. The van der Waals surface area contributed by atoms with E-state index in [9.17, 15) is 0 Å². The average Bonchev–Trinajstić information content (AvgIpc) is 2.92. The number of nitrogens with zero attached hydrogens (tertiary/aromatic N) is 5. The van der Waals surface area contributed by atoms with E-state index in [4.69, 9.17) is 5.84 Å². The Bertz CT molecular complexity index is 481. The van der Waals surface area contributed by atoms with E-state index in [-0.39, 0.29) is 0 Å². The Balaban J connectivity index is 2.22. The van der Waals surface area contributed by atoms with Crippen molar-refractivity contribution in [3.8, 4) is 5.95 Å². The first kappa shape index (κ1) is 12.2. The molecule has 0 fully saturated rings. The molecule has 0 aliphatic carbocycles. The molecule has 2 heterocycles. The third kappa shape index (κ3) is 2.92. The second-order valence-corrected chi connectivity index (χ2v) is 3.68. The molecule has 0 aliphatic rings. The molecule has 4 N–H and O–H groups in total. The number of rotatable bonds is 6. The highest BCUT2D eigenvalue weighted by molar-refractivity contribution is 5.37. The summed E-state index contributed by atoms with van der Waals surface area (Å²) in [5.74, 6) is 6.62. The van der Waals surface area contributed by atoms with Crippen molar-refractivity contribution in [3.63, 3.8) is 0 Å². The largest absolute Gasteiger partial charge is 0.354 e. The van der Waals surface area contributed by atoms with Crippen molar-refractivity contribution in [1.29, 1.82) is 0 Å². The zero-order chi connectivity index (χ0) is 12.8. The molecule has 0 bridgehead atoms. The van der Waals surface area contributed by atoms with Crippen LogP contribution in [0.1, 0.15) is 19.8 Å². The minimum Gasteiger partial charge on any atom is -0.354 e. The number of nitrogens with two attached hydrogens (primary N) is 1. The quantitative estimate of drug-likeness (QED) is 0.389. The average molecular weight is 248 g/mol. The number of imidazole rings is 1. The van der Waals surface area contributed by atoms with E-state index in [0.29, 0.717) is 17.8 Å². The van der Waals surface area contributed by atoms with Crippen molar-refractivity contribution < 1.29 is 0 Å². The molecule has 96 valence electrons. The number of nitrogen functional groups attached to an aromatic ring is 1. The molecule has 0 amide bonds. The Morgan fingerprint density at radius 2 is 2.11 bits per heavy atom. The van der Waals surface area contributed by atoms with Crippen LogP contribution in [0.5, 0.6) is 0 Å². The van der Waals surface area contributed by atoms with E-state index in [2.05, 4.69) is 37.6 Å². The van der Waals surface area contributed by atoms with Gasteiger partial charge in [0.1, 0.15) is 6.33 Å². The van der Waals surface area contributed by atoms with E-state index in [1.807, 2.05) is 0 Å². The van der Waals surface area contributed by atoms with Crippen LogP contribution < -0.4 is 16.6 Å². The lowest BCUT2D eigenvalue weighted by Crippen LogP contribution is -2.15. The van der Waals surface area contributed by atoms with Crippen molar-refractivity contribution in [1.82, 2.24) is 24.5 Å². The zero-order valence-corrected chi connectivity index (χ0v) is 10.2. The highest BCUT2D eigenvalue weighted by atomic mass is 15.4. The SMILES string of the molecule is CCCCNc1nc(NN)nc(-n2ccnc2)n1. The van der Waals surface area contributed by atoms with Gasteiger partial charge in [0.2, 0.25) is 17.8 Å². The first-order chi connectivity index (χ1) is 8.83. The van der Waals surface area contributed by atoms with Crippen molar-refractivity contribution in [2.75, 3.05) is 17.3 Å². The number of hydrogen-bond acceptors (Lipinski definition) is 7. The lowest BCUT2D eigenvalue weighted by Gasteiger charge is -2.08. The van der Waals surface area contributed by atoms with E-state index in [0.717, 1.165) is 19.4 Å². The molecule has 8 heteroatoms. The molecule has 2 aromatic rings. The monoisotopic (exact) mass is 248 g/mol. The Kier molecular flexibility index (Phi) is 4.02. The lowest BCUT2D eigenvalue weighted by molar-refractivity contribution is 0.818. The Morgan fingerprint density at radius 1 is 1.28 bits per heavy atom. The fourth-order valence-corrected chi connectivity index (χ4v) is 1.38. The molecule has 8 nitrogen and oxygen atoms in total. The normalized spacial score (nSPS) is 10.3. The van der Waals surface area contributed by atoms with Crippen LogP contribution >= 0.6 is 0 Å². The van der Waals surface area contributed by atoms with Crippen molar-refractivity contribution in [2.24, 2.45) is 5.84 Å². The van der Waals surface area contributed by atoms with Gasteiger partial charge in [-0.25, -0.2) is 10.8 Å². The van der Waals surface area contributed by atoms with Gasteiger partial charge in [0.25, 0.3) is 0 Å². The highest BCUT2D eigenvalue weighted by Crippen LogP contribution is 2.08. The summed E-state index contributed by atoms with van der Waals surface area (Å²) >= 11 is 0. The minimum absolute atomic E-state index is 0.313. The first-order valence-electron chi connectivity index (χ1n) is 5.78. The summed E-state index contributed by atoms with van der Waals surface area (Å²) in [6.07, 6.45) is 7.19. The Labute approximate surface area is 105 Å². The molecule has 2 aromatic heterocycles. The summed E-state index contributed by atoms with van der Waals surface area (Å²) < 4.78 is 1.69. The van der Waals surface area contributed by atoms with Crippen LogP contribution in [-0.2, 0) is 0 Å². The summed E-state index contributed by atoms with van der Waals surface area (Å²) in [4.78, 5) is 16.5. The standard InChI is InChI=1S/C10H16N8/c1-2-3-4-13-8-14-9(17-11)16-10(15-8)18-6-5-12-7-18/h5-7H,2-4,11H2,1H3,(H2,13,14,15,16,17). The molecular formula is C10H16N8. The Morgan fingerprint density at radius 3 is 2.78 bits per heavy atom. The number of hydrogen-bond donors (Lipinski definition) is 3. The molecule has 0 aliphatic heterocycles. The smallest absolute Gasteiger partial charge is 0.243 e. The summed E-state index contributed by atoms with van der Waals surface area (Å²) in [7, 11) is 0. The van der Waals surface area contributed by atoms with Gasteiger partial charge in [0.15, 0.2) is 0 Å². The highest BCUT2D eigenvalue weighted by Gasteiger charge is 2.06. The predicted octanol–water partition coefficient (Wildman–Crippen LogP) is 0.555. The fourth-order valence-electron chi connectivity index (χ4n) is 1.38. The number of aromatic nitrogens is 5. The zero-order valence-electron chi connectivity index (χ0n) is 10.2. The maximum atomic E-state index is 5.34. The molecule has 0 unspecified atom stereocenters. The number of unbranched alkanes of at least 4 members (excludes halogenated alkanes) is 1. The molecule has 0 radical (unpaired) electrons. The molecule has 0 saturated carbocycles. The third-order valence-corrected chi connectivity index (χ3v) is 2.30. The van der Waals surface area contributed by atoms with Gasteiger partial charge in [0, 0.05) is 18.9 Å². The van der Waals surface area contributed by atoms with E-state index in [1.54, 1.807) is 23.3 Å². The maximum absolute atomic E-state index is 5.34. The van der Waals surface area contributed by atoms with Crippen LogP contribution in [-0.4, -0.2) is 31.0 Å². The van der Waals surface area contributed by atoms with Gasteiger partial charge in [-0.1, -0.05) is 13.3 Å². The summed E-state index contributed by atoms with van der Waals surface area (Å²) in [6, 6.07) is 0. The van der Waals surface area contributed by atoms with Crippen molar-refractivity contribution in [2.45, 2.75) is 19.8 Å². The van der Waals surface area contributed by atoms with Crippen LogP contribution in [0.2, 0.25) is 0 Å². The second-order valence-electron chi connectivity index (χ2n) is 3.68. The molecule has 0 atom stereocenters. The van der Waals surface area contributed by atoms with Gasteiger partial charge < -0.3 is 5.32 Å². The van der Waals surface area contributed by atoms with Crippen LogP contribution in [0.3, 0.4) is 0 Å². The lowest BCUT2D eigenvalue weighted by atomic mass is 10.3. The van der Waals surface area contributed by atoms with Gasteiger partial charge in [-0.05, 0) is 6.42 Å². The third-order valence-electron chi connectivity index (χ3n) is 2.30. The number of nitrogens with one attached hydrogen (secondary N) is 2. The summed E-state index contributed by atoms with van der Waals surface area (Å²) in [6.45, 7) is 2.94. The number of anilines is 2. The molecule has 0 spiro atoms. The number of hydrazine groups is 1. The maximum Gasteiger partial charge on any atom is 0.243 e. The molecular weight excluding hydrogens is 232 g/mol. The fraction of sp³-hybridized carbons (Fsp3) is 0.400. The van der Waals surface area contributed by atoms with Gasteiger partial charge >= 0.3 is 0 Å². The summed E-state index contributed by atoms with van der Waals surface area (Å²) in [5.41, 5.74) is 2.42. The topological polar surface area (TPSA) is 107 Å². The van der Waals surface area contributed by atoms with Crippen molar-refractivity contribution >= 4 is 11.9 Å². The van der Waals surface area contributed by atoms with E-state index in [1.165, 1.54) is 0 Å². The van der Waals surface area contributed by atoms with Crippen LogP contribution in [0.25, 0.3) is 5.95 Å². The first-order valence-corrected chi connectivity index (χ1v) is 5.78. The van der Waals surface area contributed by atoms with Crippen LogP contribution in [0, 0.1) is 0 Å². The van der Waals surface area contributed by atoms with E-state index < -0.39 is 0 Å². The molecule has 2 rings (SSSR count). The van der Waals surface area contributed by atoms with Crippen LogP contribution in [0.15, 0.2) is 18.7 Å². The minimum atomic E-state index is 0.313. The molecule has 18 heavy (non-hydrogen) atoms. The van der Waals surface area contributed by atoms with Gasteiger partial charge in [-0.2, -0.15) is 15.0 Å². The predicted molar refractivity (Wildman–Crippen MR) is 68.2 cm³/mol. The second kappa shape index (κ2) is 5.92. The van der Waals surface area contributed by atoms with Gasteiger partial charge in [-0.3, -0.25) is 9.99 Å². The van der Waals surface area contributed by atoms with Gasteiger partial charge in [0.05, 0.1) is 0 Å². The summed E-state index contributed by atoms with van der Waals surface area (Å²) in [5, 5.41) is 3.13. The van der Waals surface area contributed by atoms with Crippen molar-refractivity contribution in [3.05, 3.63) is 18.7 Å². The van der Waals surface area contributed by atoms with E-state index >= 15 is 0 Å².